The van der Waals surface area contributed by atoms with Crippen LogP contribution in [0.15, 0.2) is 21.5 Å². The number of ether oxygens (including phenoxy) is 1. The van der Waals surface area contributed by atoms with Crippen molar-refractivity contribution in [2.75, 3.05) is 20.2 Å². The van der Waals surface area contributed by atoms with Gasteiger partial charge in [0.1, 0.15) is 6.54 Å². The molecule has 2 N–H and O–H groups in total. The summed E-state index contributed by atoms with van der Waals surface area (Å²) in [4.78, 5) is 37.5. The molecule has 1 aliphatic heterocycles. The van der Waals surface area contributed by atoms with Crippen LogP contribution in [0.25, 0.3) is 6.08 Å². The number of aromatic hydroxyl groups is 1. The summed E-state index contributed by atoms with van der Waals surface area (Å²) in [5.74, 6) is -0.451. The van der Waals surface area contributed by atoms with Gasteiger partial charge in [0, 0.05) is 6.54 Å². The van der Waals surface area contributed by atoms with Crippen LogP contribution in [0, 0.1) is 5.92 Å². The van der Waals surface area contributed by atoms with E-state index in [1.54, 1.807) is 12.1 Å². The molecule has 1 aliphatic rings. The molecule has 0 saturated carbocycles. The number of nitrogens with zero attached hydrogens (tertiary/aromatic N) is 1. The van der Waals surface area contributed by atoms with E-state index in [4.69, 9.17) is 4.74 Å². The maximum atomic E-state index is 12.4. The van der Waals surface area contributed by atoms with Crippen molar-refractivity contribution in [1.82, 2.24) is 10.2 Å². The highest BCUT2D eigenvalue weighted by Gasteiger charge is 2.36. The van der Waals surface area contributed by atoms with Gasteiger partial charge in [-0.2, -0.15) is 0 Å². The Morgan fingerprint density at radius 3 is 2.73 bits per heavy atom. The van der Waals surface area contributed by atoms with E-state index < -0.39 is 11.1 Å². The molecule has 1 fully saturated rings. The third kappa shape index (κ3) is 4.79. The molecule has 0 atom stereocenters. The number of halogens is 1. The number of amides is 3. The Morgan fingerprint density at radius 1 is 1.42 bits per heavy atom. The van der Waals surface area contributed by atoms with Gasteiger partial charge in [-0.1, -0.05) is 13.8 Å². The summed E-state index contributed by atoms with van der Waals surface area (Å²) in [5.41, 5.74) is 0.571. The molecule has 1 aromatic carbocycles. The number of hydrogen-bond donors (Lipinski definition) is 2. The molecule has 0 aliphatic carbocycles. The number of rotatable bonds is 6. The van der Waals surface area contributed by atoms with Gasteiger partial charge in [0.25, 0.3) is 11.1 Å². The minimum Gasteiger partial charge on any atom is -0.503 e. The summed E-state index contributed by atoms with van der Waals surface area (Å²) in [6.07, 6.45) is 1.52. The number of imide groups is 1. The van der Waals surface area contributed by atoms with Gasteiger partial charge in [-0.3, -0.25) is 19.3 Å². The zero-order valence-electron chi connectivity index (χ0n) is 14.5. The highest BCUT2D eigenvalue weighted by atomic mass is 79.9. The highest BCUT2D eigenvalue weighted by molar-refractivity contribution is 9.10. The highest BCUT2D eigenvalue weighted by Crippen LogP contribution is 2.38. The molecule has 26 heavy (non-hydrogen) atoms. The number of thioether (sulfide) groups is 1. The van der Waals surface area contributed by atoms with Crippen LogP contribution < -0.4 is 10.1 Å². The van der Waals surface area contributed by atoms with Crippen molar-refractivity contribution in [3.8, 4) is 11.5 Å². The summed E-state index contributed by atoms with van der Waals surface area (Å²) in [5, 5.41) is 12.0. The van der Waals surface area contributed by atoms with E-state index in [1.807, 2.05) is 13.8 Å². The third-order valence-corrected chi connectivity index (χ3v) is 4.96. The number of hydrogen-bond acceptors (Lipinski definition) is 6. The molecule has 0 radical (unpaired) electrons. The fraction of sp³-hybridized carbons (Fsp3) is 0.353. The van der Waals surface area contributed by atoms with Crippen molar-refractivity contribution in [3.63, 3.8) is 0 Å². The van der Waals surface area contributed by atoms with Crippen LogP contribution in [0.2, 0.25) is 0 Å². The molecule has 2 rings (SSSR count). The van der Waals surface area contributed by atoms with Gasteiger partial charge < -0.3 is 15.2 Å². The number of nitrogens with one attached hydrogen (secondary N) is 1. The second-order valence-electron chi connectivity index (χ2n) is 6.02. The van der Waals surface area contributed by atoms with Crippen molar-refractivity contribution >= 4 is 50.8 Å². The average molecular weight is 443 g/mol. The number of carbonyl (C=O) groups is 3. The molecule has 1 saturated heterocycles. The van der Waals surface area contributed by atoms with Crippen molar-refractivity contribution in [1.29, 1.82) is 0 Å². The van der Waals surface area contributed by atoms with E-state index in [1.165, 1.54) is 13.2 Å². The van der Waals surface area contributed by atoms with Crippen molar-refractivity contribution < 1.29 is 24.2 Å². The van der Waals surface area contributed by atoms with Crippen LogP contribution in [0.3, 0.4) is 0 Å². The molecule has 0 unspecified atom stereocenters. The molecular formula is C17H19BrN2O5S. The second kappa shape index (κ2) is 8.59. The Labute approximate surface area is 163 Å². The molecule has 0 aromatic heterocycles. The molecule has 9 heteroatoms. The first-order chi connectivity index (χ1) is 12.2. The van der Waals surface area contributed by atoms with Gasteiger partial charge >= 0.3 is 0 Å². The van der Waals surface area contributed by atoms with Gasteiger partial charge in [-0.05, 0) is 57.4 Å². The topological polar surface area (TPSA) is 95.9 Å². The van der Waals surface area contributed by atoms with Crippen molar-refractivity contribution in [2.45, 2.75) is 13.8 Å². The molecule has 140 valence electrons. The standard InChI is InChI=1S/C17H19BrN2O5S/c1-9(2)7-19-14(21)8-20-16(23)13(26-17(20)24)6-10-4-11(18)15(22)12(5-10)25-3/h4-6,9,22H,7-8H2,1-3H3,(H,19,21)/b13-6-. The SMILES string of the molecule is COc1cc(/C=C2\SC(=O)N(CC(=O)NCC(C)C)C2=O)cc(Br)c1O. The Bertz CT molecular complexity index is 779. The number of methoxy groups -OCH3 is 1. The van der Waals surface area contributed by atoms with E-state index in [0.717, 1.165) is 16.7 Å². The van der Waals surface area contributed by atoms with E-state index >= 15 is 0 Å². The average Bonchev–Trinajstić information content (AvgIpc) is 2.83. The summed E-state index contributed by atoms with van der Waals surface area (Å²) < 4.78 is 5.47. The number of carbonyl (C=O) groups excluding carboxylic acids is 3. The first-order valence-electron chi connectivity index (χ1n) is 7.81. The lowest BCUT2D eigenvalue weighted by molar-refractivity contribution is -0.129. The zero-order valence-corrected chi connectivity index (χ0v) is 16.9. The molecule has 1 aromatic rings. The molecule has 0 spiro atoms. The van der Waals surface area contributed by atoms with Crippen molar-refractivity contribution in [2.24, 2.45) is 5.92 Å². The lowest BCUT2D eigenvalue weighted by Gasteiger charge is -2.13. The minimum absolute atomic E-state index is 0.0559. The normalized spacial score (nSPS) is 15.9. The van der Waals surface area contributed by atoms with Crippen LogP contribution in [-0.4, -0.2) is 47.3 Å². The first kappa shape index (κ1) is 20.3. The van der Waals surface area contributed by atoms with Crippen molar-refractivity contribution in [3.05, 3.63) is 27.1 Å². The Morgan fingerprint density at radius 2 is 2.12 bits per heavy atom. The Hall–Kier alpha value is -2.00. The fourth-order valence-corrected chi connectivity index (χ4v) is 3.44. The second-order valence-corrected chi connectivity index (χ2v) is 7.87. The number of phenols is 1. The van der Waals surface area contributed by atoms with E-state index in [-0.39, 0.29) is 34.8 Å². The predicted molar refractivity (Wildman–Crippen MR) is 103 cm³/mol. The maximum absolute atomic E-state index is 12.4. The summed E-state index contributed by atoms with van der Waals surface area (Å²) in [7, 11) is 1.41. The van der Waals surface area contributed by atoms with Crippen LogP contribution in [0.4, 0.5) is 4.79 Å². The summed E-state index contributed by atoms with van der Waals surface area (Å²) in [6.45, 7) is 4.07. The lowest BCUT2D eigenvalue weighted by atomic mass is 10.2. The van der Waals surface area contributed by atoms with E-state index in [9.17, 15) is 19.5 Å². The lowest BCUT2D eigenvalue weighted by Crippen LogP contribution is -2.40. The first-order valence-corrected chi connectivity index (χ1v) is 9.42. The van der Waals surface area contributed by atoms with E-state index in [0.29, 0.717) is 16.6 Å². The van der Waals surface area contributed by atoms with Crippen LogP contribution in [0.5, 0.6) is 11.5 Å². The quantitative estimate of drug-likeness (QED) is 0.657. The van der Waals surface area contributed by atoms with Gasteiger partial charge in [0.05, 0.1) is 16.5 Å². The molecule has 7 nitrogen and oxygen atoms in total. The third-order valence-electron chi connectivity index (χ3n) is 3.45. The van der Waals surface area contributed by atoms with Gasteiger partial charge in [-0.25, -0.2) is 0 Å². The predicted octanol–water partition coefficient (Wildman–Crippen LogP) is 2.97. The molecule has 1 heterocycles. The Balaban J connectivity index is 2.16. The summed E-state index contributed by atoms with van der Waals surface area (Å²) >= 11 is 3.97. The molecule has 0 bridgehead atoms. The van der Waals surface area contributed by atoms with Crippen LogP contribution in [-0.2, 0) is 9.59 Å². The van der Waals surface area contributed by atoms with Crippen LogP contribution >= 0.6 is 27.7 Å². The maximum Gasteiger partial charge on any atom is 0.294 e. The summed E-state index contributed by atoms with van der Waals surface area (Å²) in [6, 6.07) is 3.14. The van der Waals surface area contributed by atoms with Crippen LogP contribution in [0.1, 0.15) is 19.4 Å². The largest absolute Gasteiger partial charge is 0.503 e. The number of phenolic OH excluding ortho intramolecular Hbond substituents is 1. The zero-order chi connectivity index (χ0) is 19.4. The van der Waals surface area contributed by atoms with E-state index in [2.05, 4.69) is 21.2 Å². The number of benzene rings is 1. The fourth-order valence-electron chi connectivity index (χ4n) is 2.14. The molecular weight excluding hydrogens is 424 g/mol. The smallest absolute Gasteiger partial charge is 0.294 e. The van der Waals surface area contributed by atoms with Gasteiger partial charge in [0.2, 0.25) is 5.91 Å². The van der Waals surface area contributed by atoms with Gasteiger partial charge in [0.15, 0.2) is 11.5 Å². The molecule has 3 amide bonds. The van der Waals surface area contributed by atoms with Gasteiger partial charge in [-0.15, -0.1) is 0 Å². The minimum atomic E-state index is -0.525. The Kier molecular flexibility index (Phi) is 6.71. The monoisotopic (exact) mass is 442 g/mol.